The van der Waals surface area contributed by atoms with Crippen molar-refractivity contribution in [1.82, 2.24) is 0 Å². The number of nitrogens with one attached hydrogen (secondary N) is 1. The van der Waals surface area contributed by atoms with Crippen LogP contribution >= 0.6 is 0 Å². The second kappa shape index (κ2) is 5.90. The van der Waals surface area contributed by atoms with E-state index in [1.807, 2.05) is 0 Å². The molecule has 0 saturated carbocycles. The highest BCUT2D eigenvalue weighted by Gasteiger charge is 2.29. The first-order valence-electron chi connectivity index (χ1n) is 6.54. The number of rotatable bonds is 4. The van der Waals surface area contributed by atoms with E-state index in [0.717, 1.165) is 5.56 Å². The first kappa shape index (κ1) is 16.2. The van der Waals surface area contributed by atoms with Gasteiger partial charge in [-0.25, -0.2) is 4.79 Å². The van der Waals surface area contributed by atoms with Crippen molar-refractivity contribution in [3.05, 3.63) is 40.2 Å². The van der Waals surface area contributed by atoms with Crippen LogP contribution < -0.4 is 10.9 Å². The molecule has 7 nitrogen and oxygen atoms in total. The molecule has 22 heavy (non-hydrogen) atoms. The predicted molar refractivity (Wildman–Crippen MR) is 81.5 cm³/mol. The molecule has 1 aromatic heterocycles. The van der Waals surface area contributed by atoms with Gasteiger partial charge in [-0.15, -0.1) is 0 Å². The Morgan fingerprint density at radius 2 is 2.05 bits per heavy atom. The molecule has 0 saturated heterocycles. The molecule has 0 fully saturated rings. The minimum Gasteiger partial charge on any atom is -0.423 e. The van der Waals surface area contributed by atoms with E-state index in [-0.39, 0.29) is 17.7 Å². The fraction of sp³-hybridized carbons (Fsp3) is 0.286. The second-order valence-corrected chi connectivity index (χ2v) is 6.46. The second-order valence-electron chi connectivity index (χ2n) is 4.86. The smallest absolute Gasteiger partial charge is 0.336 e. The van der Waals surface area contributed by atoms with Crippen molar-refractivity contribution >= 4 is 32.7 Å². The number of hydrogen-bond acceptors (Lipinski definition) is 5. The summed E-state index contributed by atoms with van der Waals surface area (Å²) in [5.74, 6) is -0.848. The maximum atomic E-state index is 11.9. The molecular weight excluding hydrogens is 310 g/mol. The molecule has 8 heteroatoms. The summed E-state index contributed by atoms with van der Waals surface area (Å²) in [7, 11) is -4.48. The van der Waals surface area contributed by atoms with Crippen LogP contribution in [-0.2, 0) is 14.9 Å². The third kappa shape index (κ3) is 3.34. The molecular formula is C14H15NO6S. The quantitative estimate of drug-likeness (QED) is 0.653. The molecule has 1 unspecified atom stereocenters. The number of anilines is 1. The average Bonchev–Trinajstić information content (AvgIpc) is 2.36. The van der Waals surface area contributed by atoms with Crippen LogP contribution in [0.1, 0.15) is 18.9 Å². The van der Waals surface area contributed by atoms with Crippen molar-refractivity contribution in [1.29, 1.82) is 0 Å². The molecule has 118 valence electrons. The lowest BCUT2D eigenvalue weighted by Gasteiger charge is -2.12. The summed E-state index contributed by atoms with van der Waals surface area (Å²) in [6, 6.07) is 5.99. The Labute approximate surface area is 126 Å². The maximum Gasteiger partial charge on any atom is 0.336 e. The summed E-state index contributed by atoms with van der Waals surface area (Å²) >= 11 is 0. The fourth-order valence-electron chi connectivity index (χ4n) is 2.16. The summed E-state index contributed by atoms with van der Waals surface area (Å²) < 4.78 is 36.3. The molecule has 0 aliphatic heterocycles. The SMILES string of the molecule is CCC(C(=O)Nc1ccc2c(C)cc(=O)oc2c1)S(=O)(=O)O. The first-order chi connectivity index (χ1) is 10.2. The number of benzene rings is 1. The topological polar surface area (TPSA) is 114 Å². The Kier molecular flexibility index (Phi) is 4.34. The lowest BCUT2D eigenvalue weighted by atomic mass is 10.1. The average molecular weight is 325 g/mol. The van der Waals surface area contributed by atoms with Gasteiger partial charge in [0.15, 0.2) is 5.25 Å². The van der Waals surface area contributed by atoms with Gasteiger partial charge in [0.2, 0.25) is 5.91 Å². The first-order valence-corrected chi connectivity index (χ1v) is 8.04. The van der Waals surface area contributed by atoms with Gasteiger partial charge in [0.1, 0.15) is 5.58 Å². The summed E-state index contributed by atoms with van der Waals surface area (Å²) in [5, 5.41) is 1.55. The molecule has 1 atom stereocenters. The molecule has 1 heterocycles. The number of hydrogen-bond donors (Lipinski definition) is 2. The summed E-state index contributed by atoms with van der Waals surface area (Å²) in [6.45, 7) is 3.23. The van der Waals surface area contributed by atoms with Gasteiger partial charge in [0.25, 0.3) is 10.1 Å². The molecule has 0 bridgehead atoms. The number of aryl methyl sites for hydroxylation is 1. The molecule has 2 rings (SSSR count). The Morgan fingerprint density at radius 1 is 1.36 bits per heavy atom. The van der Waals surface area contributed by atoms with Crippen LogP contribution in [0.4, 0.5) is 5.69 Å². The van der Waals surface area contributed by atoms with Gasteiger partial charge in [0, 0.05) is 23.2 Å². The minimum atomic E-state index is -4.48. The fourth-order valence-corrected chi connectivity index (χ4v) is 2.91. The van der Waals surface area contributed by atoms with Crippen LogP contribution in [-0.4, -0.2) is 24.1 Å². The third-order valence-electron chi connectivity index (χ3n) is 3.24. The van der Waals surface area contributed by atoms with E-state index >= 15 is 0 Å². The van der Waals surface area contributed by atoms with Crippen LogP contribution in [0.2, 0.25) is 0 Å². The standard InChI is InChI=1S/C14H15NO6S/c1-3-12(22(18,19)20)14(17)15-9-4-5-10-8(2)6-13(16)21-11(10)7-9/h4-7,12H,3H2,1-2H3,(H,15,17)(H,18,19,20). The van der Waals surface area contributed by atoms with Crippen molar-refractivity contribution in [2.75, 3.05) is 5.32 Å². The predicted octanol–water partition coefficient (Wildman–Crippen LogP) is 1.71. The molecule has 1 aromatic carbocycles. The van der Waals surface area contributed by atoms with Gasteiger partial charge in [-0.1, -0.05) is 6.92 Å². The monoisotopic (exact) mass is 325 g/mol. The maximum absolute atomic E-state index is 11.9. The van der Waals surface area contributed by atoms with E-state index < -0.39 is 26.9 Å². The van der Waals surface area contributed by atoms with E-state index in [1.165, 1.54) is 19.1 Å². The van der Waals surface area contributed by atoms with Crippen LogP contribution in [0.25, 0.3) is 11.0 Å². The Hall–Kier alpha value is -2.19. The zero-order chi connectivity index (χ0) is 16.5. The van der Waals surface area contributed by atoms with E-state index in [2.05, 4.69) is 5.32 Å². The lowest BCUT2D eigenvalue weighted by molar-refractivity contribution is -0.115. The van der Waals surface area contributed by atoms with E-state index in [4.69, 9.17) is 8.97 Å². The molecule has 0 aliphatic rings. The minimum absolute atomic E-state index is 0.0631. The molecule has 1 amide bonds. The zero-order valence-electron chi connectivity index (χ0n) is 12.0. The zero-order valence-corrected chi connectivity index (χ0v) is 12.8. The van der Waals surface area contributed by atoms with E-state index in [9.17, 15) is 18.0 Å². The Morgan fingerprint density at radius 3 is 2.64 bits per heavy atom. The van der Waals surface area contributed by atoms with Crippen molar-refractivity contribution in [2.45, 2.75) is 25.5 Å². The van der Waals surface area contributed by atoms with Gasteiger partial charge in [-0.2, -0.15) is 8.42 Å². The van der Waals surface area contributed by atoms with Crippen molar-refractivity contribution in [3.8, 4) is 0 Å². The number of fused-ring (bicyclic) bond motifs is 1. The van der Waals surface area contributed by atoms with Crippen LogP contribution in [0.3, 0.4) is 0 Å². The number of carbonyl (C=O) groups excluding carboxylic acids is 1. The van der Waals surface area contributed by atoms with Gasteiger partial charge >= 0.3 is 5.63 Å². The summed E-state index contributed by atoms with van der Waals surface area (Å²) in [6.07, 6.45) is -0.0631. The van der Waals surface area contributed by atoms with E-state index in [1.54, 1.807) is 19.1 Å². The number of amides is 1. The number of carbonyl (C=O) groups is 1. The highest BCUT2D eigenvalue weighted by Crippen LogP contribution is 2.21. The Balaban J connectivity index is 2.36. The van der Waals surface area contributed by atoms with Crippen molar-refractivity contribution < 1.29 is 22.2 Å². The normalized spacial score (nSPS) is 13.0. The van der Waals surface area contributed by atoms with Crippen LogP contribution in [0, 0.1) is 6.92 Å². The van der Waals surface area contributed by atoms with Crippen molar-refractivity contribution in [2.24, 2.45) is 0 Å². The molecule has 2 aromatic rings. The van der Waals surface area contributed by atoms with Crippen LogP contribution in [0.15, 0.2) is 33.5 Å². The highest BCUT2D eigenvalue weighted by atomic mass is 32.2. The highest BCUT2D eigenvalue weighted by molar-refractivity contribution is 7.87. The molecule has 0 radical (unpaired) electrons. The summed E-state index contributed by atoms with van der Waals surface area (Å²) in [4.78, 5) is 23.3. The summed E-state index contributed by atoms with van der Waals surface area (Å²) in [5.41, 5.74) is 0.766. The lowest BCUT2D eigenvalue weighted by Crippen LogP contribution is -2.34. The third-order valence-corrected chi connectivity index (χ3v) is 4.51. The Bertz CT molecular complexity index is 884. The van der Waals surface area contributed by atoms with Gasteiger partial charge in [-0.05, 0) is 31.0 Å². The van der Waals surface area contributed by atoms with Gasteiger partial charge < -0.3 is 9.73 Å². The van der Waals surface area contributed by atoms with E-state index in [0.29, 0.717) is 5.39 Å². The van der Waals surface area contributed by atoms with Gasteiger partial charge in [-0.3, -0.25) is 9.35 Å². The molecule has 2 N–H and O–H groups in total. The van der Waals surface area contributed by atoms with Gasteiger partial charge in [0.05, 0.1) is 0 Å². The molecule has 0 aliphatic carbocycles. The largest absolute Gasteiger partial charge is 0.423 e. The van der Waals surface area contributed by atoms with Crippen LogP contribution in [0.5, 0.6) is 0 Å². The molecule has 0 spiro atoms. The van der Waals surface area contributed by atoms with Crippen molar-refractivity contribution in [3.63, 3.8) is 0 Å².